The van der Waals surface area contributed by atoms with Crippen molar-refractivity contribution in [3.8, 4) is 0 Å². The Morgan fingerprint density at radius 1 is 1.08 bits per heavy atom. The van der Waals surface area contributed by atoms with Gasteiger partial charge in [0.15, 0.2) is 0 Å². The quantitative estimate of drug-likeness (QED) is 0.839. The second kappa shape index (κ2) is 6.93. The third kappa shape index (κ3) is 3.51. The summed E-state index contributed by atoms with van der Waals surface area (Å²) in [7, 11) is 0. The summed E-state index contributed by atoms with van der Waals surface area (Å²) in [5, 5.41) is 2.93. The summed E-state index contributed by atoms with van der Waals surface area (Å²) in [6.45, 7) is 4.17. The number of thioether (sulfide) groups is 1. The van der Waals surface area contributed by atoms with Gasteiger partial charge >= 0.3 is 0 Å². The van der Waals surface area contributed by atoms with Crippen LogP contribution >= 0.6 is 11.8 Å². The maximum atomic E-state index is 12.5. The van der Waals surface area contributed by atoms with Crippen molar-refractivity contribution in [1.29, 1.82) is 0 Å². The highest BCUT2D eigenvalue weighted by Crippen LogP contribution is 2.32. The molecule has 0 aliphatic carbocycles. The van der Waals surface area contributed by atoms with E-state index in [0.29, 0.717) is 4.91 Å². The molecule has 4 nitrogen and oxygen atoms in total. The van der Waals surface area contributed by atoms with Crippen molar-refractivity contribution in [3.63, 3.8) is 0 Å². The highest BCUT2D eigenvalue weighted by atomic mass is 32.2. The predicted molar refractivity (Wildman–Crippen MR) is 98.7 cm³/mol. The van der Waals surface area contributed by atoms with Crippen LogP contribution in [0.4, 0.5) is 10.5 Å². The van der Waals surface area contributed by atoms with Crippen molar-refractivity contribution >= 4 is 34.7 Å². The first-order valence-electron chi connectivity index (χ1n) is 7.66. The molecule has 2 aromatic carbocycles. The maximum Gasteiger partial charge on any atom is 0.295 e. The smallest absolute Gasteiger partial charge is 0.295 e. The molecule has 1 heterocycles. The van der Waals surface area contributed by atoms with Crippen LogP contribution in [0.25, 0.3) is 6.08 Å². The van der Waals surface area contributed by atoms with Gasteiger partial charge in [-0.15, -0.1) is 0 Å². The Balaban J connectivity index is 1.73. The number of benzene rings is 2. The number of imide groups is 1. The number of carbonyl (C=O) groups excluding carboxylic acids is 2. The van der Waals surface area contributed by atoms with Crippen molar-refractivity contribution in [1.82, 2.24) is 4.90 Å². The Bertz CT molecular complexity index is 815. The summed E-state index contributed by atoms with van der Waals surface area (Å²) in [4.78, 5) is 26.3. The van der Waals surface area contributed by atoms with E-state index in [0.717, 1.165) is 34.1 Å². The Labute approximate surface area is 145 Å². The molecule has 2 amide bonds. The number of rotatable bonds is 4. The van der Waals surface area contributed by atoms with Crippen LogP contribution in [0.3, 0.4) is 0 Å². The van der Waals surface area contributed by atoms with Crippen LogP contribution in [-0.2, 0) is 4.79 Å². The van der Waals surface area contributed by atoms with E-state index < -0.39 is 0 Å². The molecule has 0 saturated carbocycles. The zero-order valence-corrected chi connectivity index (χ0v) is 14.4. The number of amides is 2. The molecule has 122 valence electrons. The minimum Gasteiger partial charge on any atom is -0.367 e. The van der Waals surface area contributed by atoms with Crippen LogP contribution in [0, 0.1) is 13.8 Å². The molecular weight excluding hydrogens is 320 g/mol. The first-order chi connectivity index (χ1) is 11.5. The Hall–Kier alpha value is -2.53. The summed E-state index contributed by atoms with van der Waals surface area (Å²) in [5.41, 5.74) is 4.04. The molecule has 2 aromatic rings. The minimum atomic E-state index is -0.258. The number of nitrogens with one attached hydrogen (secondary N) is 1. The van der Waals surface area contributed by atoms with Crippen molar-refractivity contribution < 1.29 is 9.59 Å². The first-order valence-corrected chi connectivity index (χ1v) is 8.48. The largest absolute Gasteiger partial charge is 0.367 e. The van der Waals surface area contributed by atoms with Crippen LogP contribution in [0.5, 0.6) is 0 Å². The van der Waals surface area contributed by atoms with Gasteiger partial charge in [-0.1, -0.05) is 42.5 Å². The van der Waals surface area contributed by atoms with Gasteiger partial charge in [0.25, 0.3) is 11.1 Å². The summed E-state index contributed by atoms with van der Waals surface area (Å²) < 4.78 is 0. The van der Waals surface area contributed by atoms with Crippen LogP contribution < -0.4 is 5.32 Å². The fourth-order valence-corrected chi connectivity index (χ4v) is 3.27. The van der Waals surface area contributed by atoms with E-state index in [1.54, 1.807) is 6.08 Å². The van der Waals surface area contributed by atoms with Gasteiger partial charge in [0.1, 0.15) is 0 Å². The van der Waals surface area contributed by atoms with E-state index in [1.165, 1.54) is 4.90 Å². The molecule has 24 heavy (non-hydrogen) atoms. The molecular formula is C19H18N2O2S. The number of carbonyl (C=O) groups is 2. The normalized spacial score (nSPS) is 16.1. The van der Waals surface area contributed by atoms with Crippen molar-refractivity contribution in [2.45, 2.75) is 13.8 Å². The molecule has 0 radical (unpaired) electrons. The van der Waals surface area contributed by atoms with E-state index >= 15 is 0 Å². The third-order valence-electron chi connectivity index (χ3n) is 3.79. The SMILES string of the molecule is Cc1ccc(C)c(NCN2C(=O)S/C(=C/c3ccccc3)C2=O)c1. The number of hydrogen-bond acceptors (Lipinski definition) is 4. The third-order valence-corrected chi connectivity index (χ3v) is 4.70. The lowest BCUT2D eigenvalue weighted by Gasteiger charge is -2.16. The zero-order chi connectivity index (χ0) is 17.1. The van der Waals surface area contributed by atoms with Crippen molar-refractivity contribution in [2.24, 2.45) is 0 Å². The van der Waals surface area contributed by atoms with Gasteiger partial charge in [0.2, 0.25) is 0 Å². The average molecular weight is 338 g/mol. The lowest BCUT2D eigenvalue weighted by atomic mass is 10.1. The van der Waals surface area contributed by atoms with Crippen LogP contribution in [0.2, 0.25) is 0 Å². The molecule has 1 saturated heterocycles. The summed E-state index contributed by atoms with van der Waals surface area (Å²) >= 11 is 0.978. The van der Waals surface area contributed by atoms with Gasteiger partial charge in [-0.3, -0.25) is 14.5 Å². The van der Waals surface area contributed by atoms with Gasteiger partial charge < -0.3 is 5.32 Å². The molecule has 3 rings (SSSR count). The second-order valence-electron chi connectivity index (χ2n) is 5.67. The number of anilines is 1. The summed E-state index contributed by atoms with van der Waals surface area (Å²) in [5.74, 6) is -0.258. The molecule has 5 heteroatoms. The minimum absolute atomic E-state index is 0.168. The van der Waals surface area contributed by atoms with Gasteiger partial charge in [-0.05, 0) is 54.4 Å². The Kier molecular flexibility index (Phi) is 4.71. The highest BCUT2D eigenvalue weighted by molar-refractivity contribution is 8.18. The fourth-order valence-electron chi connectivity index (χ4n) is 2.43. The van der Waals surface area contributed by atoms with Crippen molar-refractivity contribution in [3.05, 3.63) is 70.1 Å². The van der Waals surface area contributed by atoms with Crippen LogP contribution in [-0.4, -0.2) is 22.7 Å². The van der Waals surface area contributed by atoms with E-state index in [1.807, 2.05) is 62.4 Å². The van der Waals surface area contributed by atoms with Gasteiger partial charge in [0, 0.05) is 5.69 Å². The average Bonchev–Trinajstić information content (AvgIpc) is 2.83. The highest BCUT2D eigenvalue weighted by Gasteiger charge is 2.34. The van der Waals surface area contributed by atoms with Crippen LogP contribution in [0.1, 0.15) is 16.7 Å². The number of hydrogen-bond donors (Lipinski definition) is 1. The van der Waals surface area contributed by atoms with Crippen molar-refractivity contribution in [2.75, 3.05) is 12.0 Å². The molecule has 0 atom stereocenters. The standard InChI is InChI=1S/C19H18N2O2S/c1-13-8-9-14(2)16(10-13)20-12-21-18(22)17(24-19(21)23)11-15-6-4-3-5-7-15/h3-11,20H,12H2,1-2H3/b17-11+. The molecule has 1 N–H and O–H groups in total. The molecule has 1 aliphatic rings. The Morgan fingerprint density at radius 2 is 1.83 bits per heavy atom. The molecule has 0 unspecified atom stereocenters. The Morgan fingerprint density at radius 3 is 2.58 bits per heavy atom. The zero-order valence-electron chi connectivity index (χ0n) is 13.6. The van der Waals surface area contributed by atoms with Gasteiger partial charge in [-0.2, -0.15) is 0 Å². The predicted octanol–water partition coefficient (Wildman–Crippen LogP) is 4.41. The van der Waals surface area contributed by atoms with Gasteiger partial charge in [-0.25, -0.2) is 0 Å². The maximum absolute atomic E-state index is 12.5. The first kappa shape index (κ1) is 16.3. The molecule has 0 spiro atoms. The van der Waals surface area contributed by atoms with E-state index in [9.17, 15) is 9.59 Å². The topological polar surface area (TPSA) is 49.4 Å². The van der Waals surface area contributed by atoms with Crippen LogP contribution in [0.15, 0.2) is 53.4 Å². The van der Waals surface area contributed by atoms with Gasteiger partial charge in [0.05, 0.1) is 11.6 Å². The second-order valence-corrected chi connectivity index (χ2v) is 6.67. The van der Waals surface area contributed by atoms with E-state index in [4.69, 9.17) is 0 Å². The lowest BCUT2D eigenvalue weighted by molar-refractivity contribution is -0.122. The number of nitrogens with zero attached hydrogens (tertiary/aromatic N) is 1. The van der Waals surface area contributed by atoms with E-state index in [-0.39, 0.29) is 17.8 Å². The molecule has 1 fully saturated rings. The number of aryl methyl sites for hydroxylation is 2. The van der Waals surface area contributed by atoms with E-state index in [2.05, 4.69) is 5.32 Å². The fraction of sp³-hybridized carbons (Fsp3) is 0.158. The summed E-state index contributed by atoms with van der Waals surface area (Å²) in [6.07, 6.45) is 1.75. The summed E-state index contributed by atoms with van der Waals surface area (Å²) in [6, 6.07) is 15.6. The monoisotopic (exact) mass is 338 g/mol. The lowest BCUT2D eigenvalue weighted by Crippen LogP contribution is -2.33. The molecule has 1 aliphatic heterocycles. The molecule has 0 bridgehead atoms. The molecule has 0 aromatic heterocycles.